The maximum absolute atomic E-state index is 12.2. The zero-order valence-electron chi connectivity index (χ0n) is 15.6. The summed E-state index contributed by atoms with van der Waals surface area (Å²) < 4.78 is 5.70. The number of carbonyl (C=O) groups excluding carboxylic acids is 2. The van der Waals surface area contributed by atoms with E-state index in [1.165, 1.54) is 6.92 Å². The predicted molar refractivity (Wildman–Crippen MR) is 105 cm³/mol. The quantitative estimate of drug-likeness (QED) is 0.797. The summed E-state index contributed by atoms with van der Waals surface area (Å²) >= 11 is 0. The van der Waals surface area contributed by atoms with Gasteiger partial charge in [-0.15, -0.1) is 0 Å². The molecule has 0 fully saturated rings. The van der Waals surface area contributed by atoms with E-state index in [0.29, 0.717) is 11.4 Å². The van der Waals surface area contributed by atoms with Crippen LogP contribution in [-0.4, -0.2) is 31.5 Å². The molecule has 0 aliphatic heterocycles. The fourth-order valence-electron chi connectivity index (χ4n) is 2.29. The van der Waals surface area contributed by atoms with E-state index in [-0.39, 0.29) is 24.5 Å². The highest BCUT2D eigenvalue weighted by molar-refractivity contribution is 5.95. The van der Waals surface area contributed by atoms with Gasteiger partial charge in [-0.3, -0.25) is 9.59 Å². The molecule has 6 nitrogen and oxygen atoms in total. The lowest BCUT2D eigenvalue weighted by Crippen LogP contribution is -2.23. The van der Waals surface area contributed by atoms with Crippen LogP contribution in [0.1, 0.15) is 20.8 Å². The van der Waals surface area contributed by atoms with Gasteiger partial charge in [-0.2, -0.15) is 0 Å². The van der Waals surface area contributed by atoms with E-state index in [0.717, 1.165) is 11.4 Å². The SMILES string of the molecule is CC(=O)N(C)c1ccc(NCC(=O)Nc2ccccc2OC(C)C)cc1. The molecule has 0 aliphatic carbocycles. The smallest absolute Gasteiger partial charge is 0.243 e. The number of nitrogens with zero attached hydrogens (tertiary/aromatic N) is 1. The lowest BCUT2D eigenvalue weighted by molar-refractivity contribution is -0.116. The van der Waals surface area contributed by atoms with Gasteiger partial charge in [0.05, 0.1) is 18.3 Å². The number of nitrogens with one attached hydrogen (secondary N) is 2. The predicted octanol–water partition coefficient (Wildman–Crippen LogP) is 3.51. The summed E-state index contributed by atoms with van der Waals surface area (Å²) in [5.74, 6) is 0.439. The molecule has 0 spiro atoms. The van der Waals surface area contributed by atoms with Gasteiger partial charge < -0.3 is 20.3 Å². The Morgan fingerprint density at radius 3 is 2.35 bits per heavy atom. The zero-order valence-corrected chi connectivity index (χ0v) is 15.6. The van der Waals surface area contributed by atoms with Crippen molar-refractivity contribution in [1.29, 1.82) is 0 Å². The topological polar surface area (TPSA) is 70.7 Å². The second kappa shape index (κ2) is 8.89. The Kier molecular flexibility index (Phi) is 6.60. The molecule has 0 saturated carbocycles. The van der Waals surface area contributed by atoms with Crippen LogP contribution < -0.4 is 20.3 Å². The molecule has 2 aromatic carbocycles. The molecular weight excluding hydrogens is 330 g/mol. The summed E-state index contributed by atoms with van der Waals surface area (Å²) in [5, 5.41) is 5.92. The lowest BCUT2D eigenvalue weighted by atomic mass is 10.2. The van der Waals surface area contributed by atoms with Crippen molar-refractivity contribution in [1.82, 2.24) is 0 Å². The molecule has 2 rings (SSSR count). The fourth-order valence-corrected chi connectivity index (χ4v) is 2.29. The Morgan fingerprint density at radius 1 is 1.08 bits per heavy atom. The minimum absolute atomic E-state index is 0.0258. The Bertz CT molecular complexity index is 757. The largest absolute Gasteiger partial charge is 0.489 e. The van der Waals surface area contributed by atoms with Crippen LogP contribution in [0.3, 0.4) is 0 Å². The van der Waals surface area contributed by atoms with Crippen molar-refractivity contribution in [2.75, 3.05) is 29.1 Å². The first-order chi connectivity index (χ1) is 12.4. The third-order valence-corrected chi connectivity index (χ3v) is 3.70. The Hall–Kier alpha value is -3.02. The number of benzene rings is 2. The summed E-state index contributed by atoms with van der Waals surface area (Å²) in [4.78, 5) is 25.1. The van der Waals surface area contributed by atoms with Gasteiger partial charge in [0.2, 0.25) is 11.8 Å². The van der Waals surface area contributed by atoms with Crippen molar-refractivity contribution < 1.29 is 14.3 Å². The van der Waals surface area contributed by atoms with Crippen LogP contribution >= 0.6 is 0 Å². The van der Waals surface area contributed by atoms with E-state index < -0.39 is 0 Å². The highest BCUT2D eigenvalue weighted by Crippen LogP contribution is 2.24. The van der Waals surface area contributed by atoms with Gasteiger partial charge in [0, 0.05) is 25.3 Å². The van der Waals surface area contributed by atoms with Crippen molar-refractivity contribution in [2.24, 2.45) is 0 Å². The van der Waals surface area contributed by atoms with Crippen LogP contribution in [-0.2, 0) is 9.59 Å². The molecule has 0 bridgehead atoms. The van der Waals surface area contributed by atoms with Crippen LogP contribution in [0, 0.1) is 0 Å². The summed E-state index contributed by atoms with van der Waals surface area (Å²) in [6.45, 7) is 5.51. The van der Waals surface area contributed by atoms with Gasteiger partial charge in [-0.1, -0.05) is 12.1 Å². The van der Waals surface area contributed by atoms with E-state index in [2.05, 4.69) is 10.6 Å². The molecule has 0 heterocycles. The van der Waals surface area contributed by atoms with Crippen molar-refractivity contribution in [3.05, 3.63) is 48.5 Å². The number of carbonyl (C=O) groups is 2. The first-order valence-electron chi connectivity index (χ1n) is 8.50. The molecular formula is C20H25N3O3. The standard InChI is InChI=1S/C20H25N3O3/c1-14(2)26-19-8-6-5-7-18(19)22-20(25)13-21-16-9-11-17(12-10-16)23(4)15(3)24/h5-12,14,21H,13H2,1-4H3,(H,22,25). The summed E-state index contributed by atoms with van der Waals surface area (Å²) in [6, 6.07) is 14.7. The summed E-state index contributed by atoms with van der Waals surface area (Å²) in [6.07, 6.45) is 0.0258. The van der Waals surface area contributed by atoms with Crippen molar-refractivity contribution in [3.63, 3.8) is 0 Å². The Balaban J connectivity index is 1.92. The van der Waals surface area contributed by atoms with Crippen LogP contribution in [0.5, 0.6) is 5.75 Å². The molecule has 26 heavy (non-hydrogen) atoms. The molecule has 2 N–H and O–H groups in total. The molecule has 2 amide bonds. The van der Waals surface area contributed by atoms with E-state index >= 15 is 0 Å². The molecule has 0 aromatic heterocycles. The second-order valence-corrected chi connectivity index (χ2v) is 6.19. The number of rotatable bonds is 7. The molecule has 2 aromatic rings. The van der Waals surface area contributed by atoms with Crippen LogP contribution in [0.15, 0.2) is 48.5 Å². The number of hydrogen-bond acceptors (Lipinski definition) is 4. The van der Waals surface area contributed by atoms with Crippen molar-refractivity contribution in [2.45, 2.75) is 26.9 Å². The molecule has 0 atom stereocenters. The highest BCUT2D eigenvalue weighted by atomic mass is 16.5. The summed E-state index contributed by atoms with van der Waals surface area (Å²) in [5.41, 5.74) is 2.24. The number of amides is 2. The molecule has 138 valence electrons. The Morgan fingerprint density at radius 2 is 1.73 bits per heavy atom. The lowest BCUT2D eigenvalue weighted by Gasteiger charge is -2.16. The van der Waals surface area contributed by atoms with Crippen molar-refractivity contribution in [3.8, 4) is 5.75 Å². The fraction of sp³-hybridized carbons (Fsp3) is 0.300. The third-order valence-electron chi connectivity index (χ3n) is 3.70. The van der Waals surface area contributed by atoms with Crippen LogP contribution in [0.2, 0.25) is 0 Å². The first kappa shape index (κ1) is 19.3. The average molecular weight is 355 g/mol. The average Bonchev–Trinajstić information content (AvgIpc) is 2.61. The Labute approximate surface area is 154 Å². The van der Waals surface area contributed by atoms with Gasteiger partial charge in [0.25, 0.3) is 0 Å². The monoisotopic (exact) mass is 355 g/mol. The maximum atomic E-state index is 12.2. The van der Waals surface area contributed by atoms with Gasteiger partial charge in [-0.25, -0.2) is 0 Å². The van der Waals surface area contributed by atoms with Gasteiger partial charge in [0.1, 0.15) is 5.75 Å². The van der Waals surface area contributed by atoms with Crippen LogP contribution in [0.4, 0.5) is 17.1 Å². The molecule has 6 heteroatoms. The number of ether oxygens (including phenoxy) is 1. The maximum Gasteiger partial charge on any atom is 0.243 e. The normalized spacial score (nSPS) is 10.3. The number of para-hydroxylation sites is 2. The van der Waals surface area contributed by atoms with E-state index in [9.17, 15) is 9.59 Å². The molecule has 0 unspecified atom stereocenters. The number of anilines is 3. The van der Waals surface area contributed by atoms with E-state index in [1.54, 1.807) is 11.9 Å². The van der Waals surface area contributed by atoms with Gasteiger partial charge >= 0.3 is 0 Å². The minimum atomic E-state index is -0.172. The van der Waals surface area contributed by atoms with Gasteiger partial charge in [-0.05, 0) is 50.2 Å². The first-order valence-corrected chi connectivity index (χ1v) is 8.50. The summed E-state index contributed by atoms with van der Waals surface area (Å²) in [7, 11) is 1.72. The number of hydrogen-bond donors (Lipinski definition) is 2. The van der Waals surface area contributed by atoms with E-state index in [1.807, 2.05) is 62.4 Å². The van der Waals surface area contributed by atoms with E-state index in [4.69, 9.17) is 4.74 Å². The molecule has 0 aliphatic rings. The van der Waals surface area contributed by atoms with Crippen molar-refractivity contribution >= 4 is 28.9 Å². The molecule has 0 radical (unpaired) electrons. The highest BCUT2D eigenvalue weighted by Gasteiger charge is 2.09. The third kappa shape index (κ3) is 5.51. The minimum Gasteiger partial charge on any atom is -0.489 e. The van der Waals surface area contributed by atoms with Crippen LogP contribution in [0.25, 0.3) is 0 Å². The second-order valence-electron chi connectivity index (χ2n) is 6.19. The zero-order chi connectivity index (χ0) is 19.1. The molecule has 0 saturated heterocycles. The van der Waals surface area contributed by atoms with Gasteiger partial charge in [0.15, 0.2) is 0 Å².